The van der Waals surface area contributed by atoms with Gasteiger partial charge in [-0.3, -0.25) is 0 Å². The molecule has 0 amide bonds. The number of rotatable bonds is 2. The van der Waals surface area contributed by atoms with E-state index in [9.17, 15) is 4.79 Å². The van der Waals surface area contributed by atoms with Crippen LogP contribution < -0.4 is 4.90 Å². The van der Waals surface area contributed by atoms with Crippen molar-refractivity contribution in [1.29, 1.82) is 0 Å². The van der Waals surface area contributed by atoms with Gasteiger partial charge in [-0.2, -0.15) is 5.10 Å². The van der Waals surface area contributed by atoms with Crippen LogP contribution in [0.2, 0.25) is 0 Å². The summed E-state index contributed by atoms with van der Waals surface area (Å²) < 4.78 is 1.50. The molecule has 6 nitrogen and oxygen atoms in total. The molecule has 1 aliphatic heterocycles. The highest BCUT2D eigenvalue weighted by molar-refractivity contribution is 5.94. The Morgan fingerprint density at radius 2 is 2.06 bits per heavy atom. The summed E-state index contributed by atoms with van der Waals surface area (Å²) in [6.45, 7) is 1.97. The van der Waals surface area contributed by atoms with Gasteiger partial charge in [0.25, 0.3) is 0 Å². The second kappa shape index (κ2) is 4.29. The van der Waals surface area contributed by atoms with Crippen molar-refractivity contribution in [3.8, 4) is 0 Å². The largest absolute Gasteiger partial charge is 0.477 e. The third-order valence-electron chi connectivity index (χ3n) is 3.26. The fourth-order valence-corrected chi connectivity index (χ4v) is 2.31. The Labute approximate surface area is 104 Å². The maximum atomic E-state index is 11.1. The smallest absolute Gasteiger partial charge is 0.341 e. The van der Waals surface area contributed by atoms with E-state index in [1.54, 1.807) is 6.20 Å². The molecule has 1 saturated heterocycles. The minimum Gasteiger partial charge on any atom is -0.477 e. The van der Waals surface area contributed by atoms with Gasteiger partial charge in [0, 0.05) is 19.3 Å². The van der Waals surface area contributed by atoms with E-state index in [1.165, 1.54) is 17.1 Å². The third-order valence-corrected chi connectivity index (χ3v) is 3.26. The second-order valence-corrected chi connectivity index (χ2v) is 4.47. The summed E-state index contributed by atoms with van der Waals surface area (Å²) in [5.41, 5.74) is 0.555. The van der Waals surface area contributed by atoms with Crippen molar-refractivity contribution in [3.63, 3.8) is 0 Å². The van der Waals surface area contributed by atoms with Gasteiger partial charge in [-0.1, -0.05) is 0 Å². The molecule has 0 aromatic carbocycles. The van der Waals surface area contributed by atoms with Crippen LogP contribution in [0.5, 0.6) is 0 Å². The molecule has 0 radical (unpaired) electrons. The van der Waals surface area contributed by atoms with Gasteiger partial charge in [0.1, 0.15) is 11.4 Å². The number of nitrogens with zero attached hydrogens (tertiary/aromatic N) is 4. The lowest BCUT2D eigenvalue weighted by molar-refractivity contribution is 0.0699. The Balaban J connectivity index is 2.03. The summed E-state index contributed by atoms with van der Waals surface area (Å²) in [6.07, 6.45) is 6.69. The number of hydrogen-bond acceptors (Lipinski definition) is 4. The van der Waals surface area contributed by atoms with Gasteiger partial charge in [0.2, 0.25) is 0 Å². The molecule has 0 atom stereocenters. The van der Waals surface area contributed by atoms with E-state index in [0.29, 0.717) is 5.65 Å². The van der Waals surface area contributed by atoms with E-state index in [2.05, 4.69) is 15.0 Å². The molecule has 2 aromatic rings. The molecule has 0 spiro atoms. The van der Waals surface area contributed by atoms with Gasteiger partial charge >= 0.3 is 5.97 Å². The molecule has 3 heterocycles. The minimum absolute atomic E-state index is 0.147. The first-order valence-corrected chi connectivity index (χ1v) is 6.08. The van der Waals surface area contributed by atoms with Crippen molar-refractivity contribution in [2.75, 3.05) is 18.0 Å². The molecule has 0 unspecified atom stereocenters. The topological polar surface area (TPSA) is 70.7 Å². The number of carboxylic acid groups (broad SMARTS) is 1. The molecule has 0 bridgehead atoms. The van der Waals surface area contributed by atoms with Gasteiger partial charge in [0.05, 0.1) is 6.20 Å². The first-order valence-electron chi connectivity index (χ1n) is 6.08. The lowest BCUT2D eigenvalue weighted by Crippen LogP contribution is -2.30. The molecular formula is C12H14N4O2. The zero-order valence-corrected chi connectivity index (χ0v) is 9.91. The number of fused-ring (bicyclic) bond motifs is 1. The highest BCUT2D eigenvalue weighted by Gasteiger charge is 2.16. The summed E-state index contributed by atoms with van der Waals surface area (Å²) in [6, 6.07) is 1.89. The zero-order chi connectivity index (χ0) is 12.5. The van der Waals surface area contributed by atoms with Crippen LogP contribution in [-0.2, 0) is 0 Å². The summed E-state index contributed by atoms with van der Waals surface area (Å²) in [7, 11) is 0. The Morgan fingerprint density at radius 3 is 2.78 bits per heavy atom. The van der Waals surface area contributed by atoms with E-state index >= 15 is 0 Å². The van der Waals surface area contributed by atoms with Crippen LogP contribution in [0.4, 0.5) is 5.82 Å². The molecule has 3 rings (SSSR count). The van der Waals surface area contributed by atoms with E-state index in [-0.39, 0.29) is 5.56 Å². The van der Waals surface area contributed by atoms with Crippen LogP contribution in [-0.4, -0.2) is 38.8 Å². The van der Waals surface area contributed by atoms with E-state index in [1.807, 2.05) is 6.07 Å². The predicted molar refractivity (Wildman–Crippen MR) is 66.0 cm³/mol. The SMILES string of the molecule is O=C(O)c1cnn2ccc(N3CCCCC3)nc12. The van der Waals surface area contributed by atoms with Gasteiger partial charge < -0.3 is 10.0 Å². The van der Waals surface area contributed by atoms with E-state index in [0.717, 1.165) is 31.7 Å². The highest BCUT2D eigenvalue weighted by atomic mass is 16.4. The number of piperidine rings is 1. The maximum Gasteiger partial charge on any atom is 0.341 e. The molecular weight excluding hydrogens is 232 g/mol. The maximum absolute atomic E-state index is 11.1. The van der Waals surface area contributed by atoms with Crippen LogP contribution in [0.1, 0.15) is 29.6 Å². The van der Waals surface area contributed by atoms with Crippen molar-refractivity contribution >= 4 is 17.4 Å². The molecule has 1 aliphatic rings. The van der Waals surface area contributed by atoms with Crippen LogP contribution in [0.3, 0.4) is 0 Å². The number of carbonyl (C=O) groups is 1. The predicted octanol–water partition coefficient (Wildman–Crippen LogP) is 1.42. The van der Waals surface area contributed by atoms with Crippen LogP contribution in [0.25, 0.3) is 5.65 Å². The van der Waals surface area contributed by atoms with Crippen molar-refractivity contribution in [2.24, 2.45) is 0 Å². The first-order chi connectivity index (χ1) is 8.75. The van der Waals surface area contributed by atoms with E-state index < -0.39 is 5.97 Å². The molecule has 0 saturated carbocycles. The second-order valence-electron chi connectivity index (χ2n) is 4.47. The average molecular weight is 246 g/mol. The highest BCUT2D eigenvalue weighted by Crippen LogP contribution is 2.19. The Morgan fingerprint density at radius 1 is 1.28 bits per heavy atom. The zero-order valence-electron chi connectivity index (χ0n) is 9.91. The Hall–Kier alpha value is -2.11. The number of aromatic nitrogens is 3. The minimum atomic E-state index is -0.992. The molecule has 2 aromatic heterocycles. The van der Waals surface area contributed by atoms with Crippen LogP contribution in [0.15, 0.2) is 18.5 Å². The standard InChI is InChI=1S/C12H14N4O2/c17-12(18)9-8-13-16-7-4-10(14-11(9)16)15-5-2-1-3-6-15/h4,7-8H,1-3,5-6H2,(H,17,18). The van der Waals surface area contributed by atoms with Crippen molar-refractivity contribution in [2.45, 2.75) is 19.3 Å². The van der Waals surface area contributed by atoms with Gasteiger partial charge in [-0.05, 0) is 25.3 Å². The van der Waals surface area contributed by atoms with Gasteiger partial charge in [-0.15, -0.1) is 0 Å². The van der Waals surface area contributed by atoms with Crippen molar-refractivity contribution < 1.29 is 9.90 Å². The molecule has 1 N–H and O–H groups in total. The number of hydrogen-bond donors (Lipinski definition) is 1. The molecule has 1 fully saturated rings. The molecule has 18 heavy (non-hydrogen) atoms. The van der Waals surface area contributed by atoms with Crippen LogP contribution >= 0.6 is 0 Å². The Kier molecular flexibility index (Phi) is 2.62. The normalized spacial score (nSPS) is 16.1. The average Bonchev–Trinajstić information content (AvgIpc) is 2.82. The fraction of sp³-hybridized carbons (Fsp3) is 0.417. The number of anilines is 1. The first kappa shape index (κ1) is 11.0. The summed E-state index contributed by atoms with van der Waals surface area (Å²) in [5.74, 6) is -0.154. The summed E-state index contributed by atoms with van der Waals surface area (Å²) in [5, 5.41) is 13.0. The number of carboxylic acids is 1. The summed E-state index contributed by atoms with van der Waals surface area (Å²) >= 11 is 0. The fourth-order valence-electron chi connectivity index (χ4n) is 2.31. The van der Waals surface area contributed by atoms with Crippen LogP contribution in [0, 0.1) is 0 Å². The molecule has 0 aliphatic carbocycles. The van der Waals surface area contributed by atoms with Gasteiger partial charge in [0.15, 0.2) is 5.65 Å². The summed E-state index contributed by atoms with van der Waals surface area (Å²) in [4.78, 5) is 17.7. The molecule has 6 heteroatoms. The number of aromatic carboxylic acids is 1. The van der Waals surface area contributed by atoms with Crippen molar-refractivity contribution in [1.82, 2.24) is 14.6 Å². The quantitative estimate of drug-likeness (QED) is 0.867. The third kappa shape index (κ3) is 1.79. The Bertz CT molecular complexity index is 587. The van der Waals surface area contributed by atoms with Crippen molar-refractivity contribution in [3.05, 3.63) is 24.0 Å². The van der Waals surface area contributed by atoms with E-state index in [4.69, 9.17) is 5.11 Å². The lowest BCUT2D eigenvalue weighted by Gasteiger charge is -2.27. The monoisotopic (exact) mass is 246 g/mol. The van der Waals surface area contributed by atoms with Gasteiger partial charge in [-0.25, -0.2) is 14.3 Å². The lowest BCUT2D eigenvalue weighted by atomic mass is 10.1. The molecule has 94 valence electrons.